The monoisotopic (exact) mass is 265 g/mol. The van der Waals surface area contributed by atoms with Gasteiger partial charge in [0.15, 0.2) is 0 Å². The van der Waals surface area contributed by atoms with Gasteiger partial charge in [-0.3, -0.25) is 0 Å². The molecule has 2 rings (SSSR count). The van der Waals surface area contributed by atoms with Crippen molar-refractivity contribution in [2.45, 2.75) is 12.5 Å². The Balaban J connectivity index is 1.93. The fraction of sp³-hybridized carbons (Fsp3) is 0.385. The van der Waals surface area contributed by atoms with E-state index in [1.807, 2.05) is 0 Å². The average Bonchev–Trinajstić information content (AvgIpc) is 2.87. The number of hydrogen-bond acceptors (Lipinski definition) is 4. The van der Waals surface area contributed by atoms with Gasteiger partial charge < -0.3 is 19.5 Å². The van der Waals surface area contributed by atoms with Crippen molar-refractivity contribution in [1.29, 1.82) is 0 Å². The predicted octanol–water partition coefficient (Wildman–Crippen LogP) is 1.60. The SMILES string of the molecule is COC(=O)c1ccc(O[C@H]2CCN(C(=O)O)C2)cc1. The second-order valence-corrected chi connectivity index (χ2v) is 4.27. The molecular formula is C13H15NO5. The topological polar surface area (TPSA) is 76.1 Å². The Morgan fingerprint density at radius 2 is 2.00 bits per heavy atom. The molecule has 19 heavy (non-hydrogen) atoms. The summed E-state index contributed by atoms with van der Waals surface area (Å²) in [6.45, 7) is 0.855. The van der Waals surface area contributed by atoms with Crippen LogP contribution in [0.5, 0.6) is 5.75 Å². The van der Waals surface area contributed by atoms with Gasteiger partial charge in [0.25, 0.3) is 0 Å². The quantitative estimate of drug-likeness (QED) is 0.840. The third kappa shape index (κ3) is 3.15. The molecule has 1 aromatic carbocycles. The number of esters is 1. The first-order valence-corrected chi connectivity index (χ1v) is 5.93. The second-order valence-electron chi connectivity index (χ2n) is 4.27. The summed E-state index contributed by atoms with van der Waals surface area (Å²) >= 11 is 0. The molecule has 1 aliphatic rings. The molecule has 0 bridgehead atoms. The summed E-state index contributed by atoms with van der Waals surface area (Å²) in [4.78, 5) is 23.4. The van der Waals surface area contributed by atoms with Crippen LogP contribution < -0.4 is 4.74 Å². The van der Waals surface area contributed by atoms with E-state index in [2.05, 4.69) is 4.74 Å². The first-order valence-electron chi connectivity index (χ1n) is 5.93. The Hall–Kier alpha value is -2.24. The minimum atomic E-state index is -0.924. The van der Waals surface area contributed by atoms with Gasteiger partial charge in [-0.1, -0.05) is 0 Å². The lowest BCUT2D eigenvalue weighted by Crippen LogP contribution is -2.29. The van der Waals surface area contributed by atoms with Gasteiger partial charge in [-0.25, -0.2) is 9.59 Å². The summed E-state index contributed by atoms with van der Waals surface area (Å²) in [7, 11) is 1.33. The highest BCUT2D eigenvalue weighted by atomic mass is 16.5. The highest BCUT2D eigenvalue weighted by molar-refractivity contribution is 5.89. The van der Waals surface area contributed by atoms with Crippen molar-refractivity contribution in [3.63, 3.8) is 0 Å². The third-order valence-corrected chi connectivity index (χ3v) is 2.99. The minimum absolute atomic E-state index is 0.139. The average molecular weight is 265 g/mol. The second kappa shape index (κ2) is 5.60. The van der Waals surface area contributed by atoms with E-state index in [0.29, 0.717) is 30.8 Å². The van der Waals surface area contributed by atoms with Crippen LogP contribution in [0.3, 0.4) is 0 Å². The molecule has 0 radical (unpaired) electrons. The van der Waals surface area contributed by atoms with Crippen molar-refractivity contribution in [2.75, 3.05) is 20.2 Å². The van der Waals surface area contributed by atoms with E-state index in [1.165, 1.54) is 12.0 Å². The molecule has 102 valence electrons. The zero-order valence-corrected chi connectivity index (χ0v) is 10.5. The van der Waals surface area contributed by atoms with Gasteiger partial charge in [-0.15, -0.1) is 0 Å². The van der Waals surface area contributed by atoms with E-state index in [4.69, 9.17) is 9.84 Å². The molecule has 1 heterocycles. The maximum absolute atomic E-state index is 11.3. The summed E-state index contributed by atoms with van der Waals surface area (Å²) in [5, 5.41) is 8.84. The first kappa shape index (κ1) is 13.2. The third-order valence-electron chi connectivity index (χ3n) is 2.99. The molecule has 0 aliphatic carbocycles. The lowest BCUT2D eigenvalue weighted by Gasteiger charge is -2.14. The number of benzene rings is 1. The van der Waals surface area contributed by atoms with Crippen LogP contribution in [0.25, 0.3) is 0 Å². The van der Waals surface area contributed by atoms with Gasteiger partial charge in [-0.2, -0.15) is 0 Å². The Bertz CT molecular complexity index is 470. The summed E-state index contributed by atoms with van der Waals surface area (Å²) in [6, 6.07) is 6.58. The zero-order valence-electron chi connectivity index (χ0n) is 10.5. The summed E-state index contributed by atoms with van der Waals surface area (Å²) in [5.41, 5.74) is 0.452. The molecule has 6 nitrogen and oxygen atoms in total. The molecule has 1 amide bonds. The normalized spacial score (nSPS) is 18.2. The predicted molar refractivity (Wildman–Crippen MR) is 66.4 cm³/mol. The molecule has 1 saturated heterocycles. The lowest BCUT2D eigenvalue weighted by molar-refractivity contribution is 0.0600. The van der Waals surface area contributed by atoms with E-state index >= 15 is 0 Å². The lowest BCUT2D eigenvalue weighted by atomic mass is 10.2. The standard InChI is InChI=1S/C13H15NO5/c1-18-12(15)9-2-4-10(5-3-9)19-11-6-7-14(8-11)13(16)17/h2-5,11H,6-8H2,1H3,(H,16,17)/t11-/m0/s1. The van der Waals surface area contributed by atoms with Crippen LogP contribution in [-0.4, -0.2) is 48.4 Å². The van der Waals surface area contributed by atoms with E-state index in [9.17, 15) is 9.59 Å². The zero-order chi connectivity index (χ0) is 13.8. The smallest absolute Gasteiger partial charge is 0.407 e. The number of methoxy groups -OCH3 is 1. The van der Waals surface area contributed by atoms with Gasteiger partial charge in [0.05, 0.1) is 19.2 Å². The van der Waals surface area contributed by atoms with Gasteiger partial charge in [0, 0.05) is 13.0 Å². The van der Waals surface area contributed by atoms with Crippen LogP contribution in [0.4, 0.5) is 4.79 Å². The number of carbonyl (C=O) groups is 2. The molecule has 6 heteroatoms. The van der Waals surface area contributed by atoms with Gasteiger partial charge in [-0.05, 0) is 24.3 Å². The van der Waals surface area contributed by atoms with E-state index < -0.39 is 12.1 Å². The van der Waals surface area contributed by atoms with Crippen LogP contribution >= 0.6 is 0 Å². The molecule has 0 spiro atoms. The fourth-order valence-electron chi connectivity index (χ4n) is 1.98. The van der Waals surface area contributed by atoms with Crippen molar-refractivity contribution < 1.29 is 24.2 Å². The van der Waals surface area contributed by atoms with Crippen LogP contribution in [0.2, 0.25) is 0 Å². The van der Waals surface area contributed by atoms with Crippen LogP contribution in [0.1, 0.15) is 16.8 Å². The van der Waals surface area contributed by atoms with Crippen LogP contribution in [-0.2, 0) is 4.74 Å². The molecule has 1 aliphatic heterocycles. The van der Waals surface area contributed by atoms with Crippen LogP contribution in [0.15, 0.2) is 24.3 Å². The molecule has 0 unspecified atom stereocenters. The van der Waals surface area contributed by atoms with Crippen molar-refractivity contribution in [1.82, 2.24) is 4.90 Å². The Kier molecular flexibility index (Phi) is 3.89. The number of hydrogen-bond donors (Lipinski definition) is 1. The van der Waals surface area contributed by atoms with E-state index in [1.54, 1.807) is 24.3 Å². The number of amides is 1. The number of carboxylic acid groups (broad SMARTS) is 1. The number of nitrogens with zero attached hydrogens (tertiary/aromatic N) is 1. The van der Waals surface area contributed by atoms with Gasteiger partial charge in [0.2, 0.25) is 0 Å². The number of carbonyl (C=O) groups excluding carboxylic acids is 1. The Morgan fingerprint density at radius 3 is 2.53 bits per heavy atom. The maximum Gasteiger partial charge on any atom is 0.407 e. The van der Waals surface area contributed by atoms with E-state index in [-0.39, 0.29) is 6.10 Å². The van der Waals surface area contributed by atoms with Crippen LogP contribution in [0, 0.1) is 0 Å². The van der Waals surface area contributed by atoms with E-state index in [0.717, 1.165) is 0 Å². The summed E-state index contributed by atoms with van der Waals surface area (Å²) in [5.74, 6) is 0.217. The first-order chi connectivity index (χ1) is 9.10. The molecule has 1 aromatic rings. The molecule has 1 fully saturated rings. The van der Waals surface area contributed by atoms with Gasteiger partial charge >= 0.3 is 12.1 Å². The van der Waals surface area contributed by atoms with Crippen molar-refractivity contribution in [2.24, 2.45) is 0 Å². The highest BCUT2D eigenvalue weighted by Crippen LogP contribution is 2.19. The maximum atomic E-state index is 11.3. The summed E-state index contributed by atoms with van der Waals surface area (Å²) < 4.78 is 10.3. The number of ether oxygens (including phenoxy) is 2. The Morgan fingerprint density at radius 1 is 1.32 bits per heavy atom. The number of likely N-dealkylation sites (tertiary alicyclic amines) is 1. The van der Waals surface area contributed by atoms with Crippen molar-refractivity contribution in [3.8, 4) is 5.75 Å². The van der Waals surface area contributed by atoms with Gasteiger partial charge in [0.1, 0.15) is 11.9 Å². The van der Waals surface area contributed by atoms with Crippen molar-refractivity contribution >= 4 is 12.1 Å². The minimum Gasteiger partial charge on any atom is -0.489 e. The van der Waals surface area contributed by atoms with Crippen molar-refractivity contribution in [3.05, 3.63) is 29.8 Å². The Labute approximate surface area is 110 Å². The summed E-state index contributed by atoms with van der Waals surface area (Å²) in [6.07, 6.45) is -0.391. The molecular weight excluding hydrogens is 250 g/mol. The molecule has 1 atom stereocenters. The number of rotatable bonds is 3. The fourth-order valence-corrected chi connectivity index (χ4v) is 1.98. The highest BCUT2D eigenvalue weighted by Gasteiger charge is 2.27. The molecule has 0 aromatic heterocycles. The largest absolute Gasteiger partial charge is 0.489 e. The molecule has 1 N–H and O–H groups in total. The molecule has 0 saturated carbocycles.